The Morgan fingerprint density at radius 2 is 1.95 bits per heavy atom. The zero-order valence-electron chi connectivity index (χ0n) is 13.0. The van der Waals surface area contributed by atoms with Crippen molar-refractivity contribution in [3.63, 3.8) is 0 Å². The Bertz CT molecular complexity index is 398. The Labute approximate surface area is 127 Å². The predicted octanol–water partition coefficient (Wildman–Crippen LogP) is 5.19. The highest BCUT2D eigenvalue weighted by Gasteiger charge is 2.38. The molecule has 108 valence electrons. The van der Waals surface area contributed by atoms with Gasteiger partial charge < -0.3 is 4.43 Å². The van der Waals surface area contributed by atoms with Crippen molar-refractivity contribution in [1.82, 2.24) is 4.98 Å². The monoisotopic (exact) mass is 343 g/mol. The van der Waals surface area contributed by atoms with Crippen LogP contribution in [0.3, 0.4) is 0 Å². The van der Waals surface area contributed by atoms with Crippen molar-refractivity contribution in [3.8, 4) is 0 Å². The smallest absolute Gasteiger partial charge is 0.192 e. The molecule has 0 bridgehead atoms. The van der Waals surface area contributed by atoms with E-state index in [0.29, 0.717) is 6.10 Å². The molecule has 1 aromatic heterocycles. The number of hydrogen-bond donors (Lipinski definition) is 0. The SMILES string of the molecule is CC(CCc1ccc(Br)cn1)O[Si](C)(C)C(C)(C)C. The van der Waals surface area contributed by atoms with Crippen molar-refractivity contribution in [2.75, 3.05) is 0 Å². The molecule has 0 saturated heterocycles. The zero-order valence-corrected chi connectivity index (χ0v) is 15.5. The largest absolute Gasteiger partial charge is 0.414 e. The van der Waals surface area contributed by atoms with Gasteiger partial charge in [0.1, 0.15) is 0 Å². The van der Waals surface area contributed by atoms with Crippen molar-refractivity contribution >= 4 is 24.2 Å². The minimum Gasteiger partial charge on any atom is -0.414 e. The molecule has 1 rings (SSSR count). The van der Waals surface area contributed by atoms with Crippen molar-refractivity contribution < 1.29 is 4.43 Å². The summed E-state index contributed by atoms with van der Waals surface area (Å²) in [7, 11) is -1.64. The fourth-order valence-electron chi connectivity index (χ4n) is 1.64. The Kier molecular flexibility index (Phi) is 5.77. The van der Waals surface area contributed by atoms with Crippen LogP contribution >= 0.6 is 15.9 Å². The number of rotatable bonds is 5. The molecule has 0 saturated carbocycles. The number of nitrogens with zero attached hydrogens (tertiary/aromatic N) is 1. The predicted molar refractivity (Wildman–Crippen MR) is 88.0 cm³/mol. The summed E-state index contributed by atoms with van der Waals surface area (Å²) in [5.41, 5.74) is 1.13. The lowest BCUT2D eigenvalue weighted by Crippen LogP contribution is -2.43. The maximum absolute atomic E-state index is 6.35. The van der Waals surface area contributed by atoms with Gasteiger partial charge >= 0.3 is 0 Å². The molecule has 4 heteroatoms. The fourth-order valence-corrected chi connectivity index (χ4v) is 3.36. The van der Waals surface area contributed by atoms with Crippen LogP contribution in [0.15, 0.2) is 22.8 Å². The molecule has 0 N–H and O–H groups in total. The van der Waals surface area contributed by atoms with Crippen LogP contribution in [-0.4, -0.2) is 19.4 Å². The van der Waals surface area contributed by atoms with Gasteiger partial charge in [-0.3, -0.25) is 4.98 Å². The first-order valence-corrected chi connectivity index (χ1v) is 10.6. The van der Waals surface area contributed by atoms with Crippen LogP contribution < -0.4 is 0 Å². The second kappa shape index (κ2) is 6.51. The average Bonchev–Trinajstić information content (AvgIpc) is 2.26. The van der Waals surface area contributed by atoms with Crippen molar-refractivity contribution in [1.29, 1.82) is 0 Å². The molecule has 1 atom stereocenters. The highest BCUT2D eigenvalue weighted by atomic mass is 79.9. The van der Waals surface area contributed by atoms with E-state index in [0.717, 1.165) is 23.0 Å². The van der Waals surface area contributed by atoms with Gasteiger partial charge in [-0.2, -0.15) is 0 Å². The Balaban J connectivity index is 2.48. The van der Waals surface area contributed by atoms with E-state index >= 15 is 0 Å². The summed E-state index contributed by atoms with van der Waals surface area (Å²) in [4.78, 5) is 4.40. The molecule has 19 heavy (non-hydrogen) atoms. The summed E-state index contributed by atoms with van der Waals surface area (Å²) >= 11 is 3.41. The molecule has 1 aromatic rings. The van der Waals surface area contributed by atoms with E-state index in [1.54, 1.807) is 0 Å². The van der Waals surface area contributed by atoms with Crippen LogP contribution in [0, 0.1) is 0 Å². The lowest BCUT2D eigenvalue weighted by atomic mass is 10.1. The molecule has 1 heterocycles. The molecule has 1 unspecified atom stereocenters. The number of hydrogen-bond acceptors (Lipinski definition) is 2. The first kappa shape index (κ1) is 16.9. The average molecular weight is 344 g/mol. The second-order valence-electron chi connectivity index (χ2n) is 6.70. The Hall–Kier alpha value is -0.193. The molecule has 0 aliphatic rings. The molecular weight excluding hydrogens is 318 g/mol. The highest BCUT2D eigenvalue weighted by Crippen LogP contribution is 2.37. The van der Waals surface area contributed by atoms with Crippen LogP contribution in [0.5, 0.6) is 0 Å². The van der Waals surface area contributed by atoms with E-state index < -0.39 is 8.32 Å². The Morgan fingerprint density at radius 3 is 2.42 bits per heavy atom. The first-order chi connectivity index (χ1) is 8.62. The van der Waals surface area contributed by atoms with Gasteiger partial charge in [0.15, 0.2) is 8.32 Å². The van der Waals surface area contributed by atoms with Gasteiger partial charge in [-0.1, -0.05) is 20.8 Å². The minimum absolute atomic E-state index is 0.275. The summed E-state index contributed by atoms with van der Waals surface area (Å²) in [5.74, 6) is 0. The zero-order chi connectivity index (χ0) is 14.7. The van der Waals surface area contributed by atoms with Crippen LogP contribution in [0.2, 0.25) is 18.1 Å². The van der Waals surface area contributed by atoms with Gasteiger partial charge in [0.2, 0.25) is 0 Å². The third-order valence-electron chi connectivity index (χ3n) is 3.90. The second-order valence-corrected chi connectivity index (χ2v) is 12.4. The van der Waals surface area contributed by atoms with E-state index in [2.05, 4.69) is 67.8 Å². The molecule has 0 aromatic carbocycles. The van der Waals surface area contributed by atoms with Crippen LogP contribution in [0.1, 0.15) is 39.8 Å². The highest BCUT2D eigenvalue weighted by molar-refractivity contribution is 9.10. The first-order valence-electron chi connectivity index (χ1n) is 6.90. The van der Waals surface area contributed by atoms with E-state index in [-0.39, 0.29) is 5.04 Å². The van der Waals surface area contributed by atoms with Gasteiger partial charge in [-0.25, -0.2) is 0 Å². The van der Waals surface area contributed by atoms with E-state index in [1.165, 1.54) is 0 Å². The molecule has 0 aliphatic carbocycles. The number of aromatic nitrogens is 1. The van der Waals surface area contributed by atoms with Gasteiger partial charge in [0.25, 0.3) is 0 Å². The van der Waals surface area contributed by atoms with Crippen molar-refractivity contribution in [2.24, 2.45) is 0 Å². The maximum atomic E-state index is 6.35. The minimum atomic E-state index is -1.64. The molecule has 2 nitrogen and oxygen atoms in total. The molecule has 0 amide bonds. The molecule has 0 radical (unpaired) electrons. The van der Waals surface area contributed by atoms with Crippen LogP contribution in [0.4, 0.5) is 0 Å². The normalized spacial score (nSPS) is 14.5. The van der Waals surface area contributed by atoms with Gasteiger partial charge in [-0.15, -0.1) is 0 Å². The van der Waals surface area contributed by atoms with Crippen molar-refractivity contribution in [2.45, 2.75) is 64.8 Å². The maximum Gasteiger partial charge on any atom is 0.192 e. The summed E-state index contributed by atoms with van der Waals surface area (Å²) in [6, 6.07) is 4.12. The summed E-state index contributed by atoms with van der Waals surface area (Å²) in [6.07, 6.45) is 4.16. The van der Waals surface area contributed by atoms with Crippen LogP contribution in [-0.2, 0) is 10.8 Å². The van der Waals surface area contributed by atoms with Crippen molar-refractivity contribution in [3.05, 3.63) is 28.5 Å². The topological polar surface area (TPSA) is 22.1 Å². The van der Waals surface area contributed by atoms with Gasteiger partial charge in [0.05, 0.1) is 0 Å². The summed E-state index contributed by atoms with van der Waals surface area (Å²) in [6.45, 7) is 13.6. The Morgan fingerprint density at radius 1 is 1.32 bits per heavy atom. The number of aryl methyl sites for hydroxylation is 1. The number of pyridine rings is 1. The third kappa shape index (κ3) is 5.36. The van der Waals surface area contributed by atoms with Gasteiger partial charge in [-0.05, 0) is 66.0 Å². The molecule has 0 spiro atoms. The molecule has 0 fully saturated rings. The third-order valence-corrected chi connectivity index (χ3v) is 8.97. The fraction of sp³-hybridized carbons (Fsp3) is 0.667. The van der Waals surface area contributed by atoms with E-state index in [9.17, 15) is 0 Å². The van der Waals surface area contributed by atoms with E-state index in [1.807, 2.05) is 12.3 Å². The molecular formula is C15H26BrNOSi. The molecule has 0 aliphatic heterocycles. The summed E-state index contributed by atoms with van der Waals surface area (Å²) in [5, 5.41) is 0.275. The van der Waals surface area contributed by atoms with Crippen LogP contribution in [0.25, 0.3) is 0 Å². The lowest BCUT2D eigenvalue weighted by molar-refractivity contribution is 0.189. The quantitative estimate of drug-likeness (QED) is 0.686. The van der Waals surface area contributed by atoms with Gasteiger partial charge in [0, 0.05) is 22.5 Å². The number of halogens is 1. The summed E-state index contributed by atoms with van der Waals surface area (Å²) < 4.78 is 7.38. The van der Waals surface area contributed by atoms with E-state index in [4.69, 9.17) is 4.43 Å². The standard InChI is InChI=1S/C15H26BrNOSi/c1-12(18-19(5,6)15(2,3)4)7-9-14-10-8-13(16)11-17-14/h8,10-12H,7,9H2,1-6H3. The lowest BCUT2D eigenvalue weighted by Gasteiger charge is -2.38.